The van der Waals surface area contributed by atoms with Crippen LogP contribution in [-0.2, 0) is 0 Å². The van der Waals surface area contributed by atoms with E-state index in [9.17, 15) is 13.2 Å². The third-order valence-electron chi connectivity index (χ3n) is 2.81. The van der Waals surface area contributed by atoms with E-state index in [0.29, 0.717) is 18.5 Å². The summed E-state index contributed by atoms with van der Waals surface area (Å²) in [4.78, 5) is 2.31. The molecule has 90 valence electrons. The van der Waals surface area contributed by atoms with E-state index >= 15 is 0 Å². The predicted molar refractivity (Wildman–Crippen MR) is 53.7 cm³/mol. The van der Waals surface area contributed by atoms with Crippen molar-refractivity contribution < 1.29 is 13.2 Å². The maximum Gasteiger partial charge on any atom is 0.401 e. The van der Waals surface area contributed by atoms with Crippen LogP contribution in [0, 0.1) is 5.92 Å². The van der Waals surface area contributed by atoms with Gasteiger partial charge in [-0.15, -0.1) is 0 Å². The first kappa shape index (κ1) is 12.8. The van der Waals surface area contributed by atoms with Crippen LogP contribution in [0.15, 0.2) is 0 Å². The standard InChI is InChI=1S/C10H19F3N2/c1-8(2)15-4-3-9(6-15)5-14-7-10(11,12)13/h8-9,14H,3-7H2,1-2H3. The van der Waals surface area contributed by atoms with Crippen molar-refractivity contribution in [1.29, 1.82) is 0 Å². The molecule has 1 rings (SSSR count). The Bertz CT molecular complexity index is 192. The average Bonchev–Trinajstić information content (AvgIpc) is 2.50. The minimum absolute atomic E-state index is 0.370. The topological polar surface area (TPSA) is 15.3 Å². The van der Waals surface area contributed by atoms with Crippen LogP contribution < -0.4 is 5.32 Å². The predicted octanol–water partition coefficient (Wildman–Crippen LogP) is 1.87. The smallest absolute Gasteiger partial charge is 0.308 e. The Hall–Kier alpha value is -0.290. The number of nitrogens with zero attached hydrogens (tertiary/aromatic N) is 1. The number of rotatable bonds is 4. The van der Waals surface area contributed by atoms with E-state index < -0.39 is 12.7 Å². The zero-order valence-corrected chi connectivity index (χ0v) is 9.27. The van der Waals surface area contributed by atoms with Crippen LogP contribution in [0.4, 0.5) is 13.2 Å². The molecule has 0 amide bonds. The van der Waals surface area contributed by atoms with Gasteiger partial charge in [0.1, 0.15) is 0 Å². The lowest BCUT2D eigenvalue weighted by atomic mass is 10.1. The molecule has 5 heteroatoms. The van der Waals surface area contributed by atoms with Gasteiger partial charge in [0.25, 0.3) is 0 Å². The minimum atomic E-state index is -4.09. The van der Waals surface area contributed by atoms with Gasteiger partial charge < -0.3 is 10.2 Å². The Morgan fingerprint density at radius 3 is 2.53 bits per heavy atom. The fraction of sp³-hybridized carbons (Fsp3) is 1.00. The highest BCUT2D eigenvalue weighted by atomic mass is 19.4. The molecule has 0 aliphatic carbocycles. The van der Waals surface area contributed by atoms with Gasteiger partial charge in [0.2, 0.25) is 0 Å². The number of nitrogens with one attached hydrogen (secondary N) is 1. The van der Waals surface area contributed by atoms with Crippen LogP contribution >= 0.6 is 0 Å². The van der Waals surface area contributed by atoms with Gasteiger partial charge in [0.05, 0.1) is 6.54 Å². The third kappa shape index (κ3) is 4.84. The fourth-order valence-electron chi connectivity index (χ4n) is 1.92. The molecule has 15 heavy (non-hydrogen) atoms. The molecule has 0 spiro atoms. The maximum absolute atomic E-state index is 11.9. The molecule has 1 aliphatic rings. The van der Waals surface area contributed by atoms with Crippen molar-refractivity contribution in [2.24, 2.45) is 5.92 Å². The second kappa shape index (κ2) is 5.16. The van der Waals surface area contributed by atoms with Crippen LogP contribution in [0.5, 0.6) is 0 Å². The van der Waals surface area contributed by atoms with Gasteiger partial charge in [-0.3, -0.25) is 0 Å². The summed E-state index contributed by atoms with van der Waals surface area (Å²) in [7, 11) is 0. The Morgan fingerprint density at radius 1 is 1.40 bits per heavy atom. The lowest BCUT2D eigenvalue weighted by molar-refractivity contribution is -0.125. The van der Waals surface area contributed by atoms with Crippen LogP contribution in [0.1, 0.15) is 20.3 Å². The first-order valence-corrected chi connectivity index (χ1v) is 5.40. The van der Waals surface area contributed by atoms with Crippen molar-refractivity contribution >= 4 is 0 Å². The molecule has 1 unspecified atom stereocenters. The highest BCUT2D eigenvalue weighted by Gasteiger charge is 2.28. The molecular weight excluding hydrogens is 205 g/mol. The quantitative estimate of drug-likeness (QED) is 0.784. The van der Waals surface area contributed by atoms with Crippen molar-refractivity contribution in [1.82, 2.24) is 10.2 Å². The van der Waals surface area contributed by atoms with Gasteiger partial charge in [-0.05, 0) is 39.3 Å². The molecular formula is C10H19F3N2. The second-order valence-electron chi connectivity index (χ2n) is 4.49. The molecule has 1 fully saturated rings. The summed E-state index contributed by atoms with van der Waals surface area (Å²) in [6.45, 7) is 5.77. The van der Waals surface area contributed by atoms with Gasteiger partial charge in [0, 0.05) is 12.6 Å². The zero-order chi connectivity index (χ0) is 11.5. The van der Waals surface area contributed by atoms with Gasteiger partial charge in [-0.2, -0.15) is 13.2 Å². The molecule has 1 saturated heterocycles. The van der Waals surface area contributed by atoms with Crippen molar-refractivity contribution in [3.8, 4) is 0 Å². The van der Waals surface area contributed by atoms with Crippen LogP contribution in [0.2, 0.25) is 0 Å². The number of hydrogen-bond acceptors (Lipinski definition) is 2. The summed E-state index contributed by atoms with van der Waals surface area (Å²) in [5.41, 5.74) is 0. The number of hydrogen-bond donors (Lipinski definition) is 1. The summed E-state index contributed by atoms with van der Waals surface area (Å²) in [6.07, 6.45) is -3.08. The average molecular weight is 224 g/mol. The Kier molecular flexibility index (Phi) is 4.40. The maximum atomic E-state index is 11.9. The molecule has 0 aromatic carbocycles. The van der Waals surface area contributed by atoms with Gasteiger partial charge in [0.15, 0.2) is 0 Å². The first-order valence-electron chi connectivity index (χ1n) is 5.40. The van der Waals surface area contributed by atoms with Gasteiger partial charge >= 0.3 is 6.18 Å². The van der Waals surface area contributed by atoms with E-state index in [0.717, 1.165) is 19.5 Å². The Labute approximate surface area is 88.8 Å². The summed E-state index contributed by atoms with van der Waals surface area (Å²) in [6, 6.07) is 0.498. The van der Waals surface area contributed by atoms with Crippen molar-refractivity contribution in [2.45, 2.75) is 32.5 Å². The van der Waals surface area contributed by atoms with E-state index in [-0.39, 0.29) is 0 Å². The number of likely N-dealkylation sites (tertiary alicyclic amines) is 1. The Morgan fingerprint density at radius 2 is 2.07 bits per heavy atom. The Balaban J connectivity index is 2.14. The van der Waals surface area contributed by atoms with Crippen LogP contribution in [0.3, 0.4) is 0 Å². The summed E-state index contributed by atoms with van der Waals surface area (Å²) >= 11 is 0. The summed E-state index contributed by atoms with van der Waals surface area (Å²) in [5, 5.41) is 2.48. The van der Waals surface area contributed by atoms with E-state index in [1.165, 1.54) is 0 Å². The minimum Gasteiger partial charge on any atom is -0.308 e. The monoisotopic (exact) mass is 224 g/mol. The largest absolute Gasteiger partial charge is 0.401 e. The van der Waals surface area contributed by atoms with Gasteiger partial charge in [-0.1, -0.05) is 0 Å². The lowest BCUT2D eigenvalue weighted by Gasteiger charge is -2.20. The van der Waals surface area contributed by atoms with E-state index in [1.807, 2.05) is 0 Å². The zero-order valence-electron chi connectivity index (χ0n) is 9.27. The molecule has 0 saturated carbocycles. The highest BCUT2D eigenvalue weighted by molar-refractivity contribution is 4.79. The van der Waals surface area contributed by atoms with Gasteiger partial charge in [-0.25, -0.2) is 0 Å². The van der Waals surface area contributed by atoms with Crippen molar-refractivity contribution in [3.63, 3.8) is 0 Å². The van der Waals surface area contributed by atoms with E-state index in [1.54, 1.807) is 0 Å². The molecule has 2 nitrogen and oxygen atoms in total. The highest BCUT2D eigenvalue weighted by Crippen LogP contribution is 2.18. The molecule has 1 atom stereocenters. The first-order chi connectivity index (χ1) is 6.88. The SMILES string of the molecule is CC(C)N1CCC(CNCC(F)(F)F)C1. The molecule has 1 aliphatic heterocycles. The summed E-state index contributed by atoms with van der Waals surface area (Å²) < 4.78 is 35.6. The third-order valence-corrected chi connectivity index (χ3v) is 2.81. The van der Waals surface area contributed by atoms with E-state index in [2.05, 4.69) is 24.1 Å². The molecule has 0 aromatic rings. The van der Waals surface area contributed by atoms with Crippen LogP contribution in [-0.4, -0.2) is 43.3 Å². The normalized spacial score (nSPS) is 24.0. The fourth-order valence-corrected chi connectivity index (χ4v) is 1.92. The number of alkyl halides is 3. The summed E-state index contributed by atoms with van der Waals surface area (Å²) in [5.74, 6) is 0.370. The molecule has 0 radical (unpaired) electrons. The molecule has 0 bridgehead atoms. The lowest BCUT2D eigenvalue weighted by Crippen LogP contribution is -2.34. The second-order valence-corrected chi connectivity index (χ2v) is 4.49. The van der Waals surface area contributed by atoms with Crippen molar-refractivity contribution in [2.75, 3.05) is 26.2 Å². The molecule has 0 aromatic heterocycles. The van der Waals surface area contributed by atoms with Crippen molar-refractivity contribution in [3.05, 3.63) is 0 Å². The molecule has 1 heterocycles. The number of halogens is 3. The van der Waals surface area contributed by atoms with E-state index in [4.69, 9.17) is 0 Å². The van der Waals surface area contributed by atoms with Crippen LogP contribution in [0.25, 0.3) is 0 Å². The molecule has 1 N–H and O–H groups in total.